The summed E-state index contributed by atoms with van der Waals surface area (Å²) in [6.45, 7) is 3.15. The number of H-pyrrole nitrogens is 1. The molecular weight excluding hydrogens is 451 g/mol. The lowest BCUT2D eigenvalue weighted by Gasteiger charge is -2.32. The number of nitrogens with zero attached hydrogens (tertiary/aromatic N) is 2. The van der Waals surface area contributed by atoms with Gasteiger partial charge in [0, 0.05) is 36.0 Å². The molecule has 1 amide bonds. The van der Waals surface area contributed by atoms with Gasteiger partial charge in [-0.3, -0.25) is 9.89 Å². The van der Waals surface area contributed by atoms with Crippen molar-refractivity contribution in [2.24, 2.45) is 0 Å². The minimum absolute atomic E-state index is 0. The molecule has 0 radical (unpaired) electrons. The van der Waals surface area contributed by atoms with Crippen molar-refractivity contribution in [3.8, 4) is 0 Å². The molecule has 0 saturated carbocycles. The molecule has 5 rings (SSSR count). The van der Waals surface area contributed by atoms with Gasteiger partial charge in [-0.15, -0.1) is 24.8 Å². The Morgan fingerprint density at radius 1 is 1.10 bits per heavy atom. The SMILES string of the molecule is Cl.Cl.O=C(NC1CCN(CCc2ccccc2)CC1)C1=Cc2n[nH]c3cccc(c23)S1. The van der Waals surface area contributed by atoms with E-state index in [9.17, 15) is 4.79 Å². The Hall–Kier alpha value is -1.99. The third-order valence-electron chi connectivity index (χ3n) is 5.77. The fraction of sp³-hybridized carbons (Fsp3) is 0.304. The number of nitrogens with one attached hydrogen (secondary N) is 2. The average molecular weight is 477 g/mol. The van der Waals surface area contributed by atoms with Crippen molar-refractivity contribution in [2.75, 3.05) is 19.6 Å². The monoisotopic (exact) mass is 476 g/mol. The first-order chi connectivity index (χ1) is 14.3. The summed E-state index contributed by atoms with van der Waals surface area (Å²) in [4.78, 5) is 17.2. The highest BCUT2D eigenvalue weighted by Crippen LogP contribution is 2.39. The highest BCUT2D eigenvalue weighted by Gasteiger charge is 2.25. The first kappa shape index (κ1) is 23.7. The Morgan fingerprint density at radius 3 is 2.65 bits per heavy atom. The minimum Gasteiger partial charge on any atom is -0.349 e. The summed E-state index contributed by atoms with van der Waals surface area (Å²) >= 11 is 1.54. The number of carbonyl (C=O) groups excluding carboxylic acids is 1. The van der Waals surface area contributed by atoms with Crippen molar-refractivity contribution >= 4 is 59.5 Å². The van der Waals surface area contributed by atoms with Crippen LogP contribution in [0, 0.1) is 0 Å². The van der Waals surface area contributed by atoms with E-state index in [0.29, 0.717) is 0 Å². The Labute approximate surface area is 198 Å². The molecule has 31 heavy (non-hydrogen) atoms. The summed E-state index contributed by atoms with van der Waals surface area (Å²) < 4.78 is 0. The van der Waals surface area contributed by atoms with Crippen molar-refractivity contribution in [3.05, 3.63) is 64.7 Å². The van der Waals surface area contributed by atoms with Gasteiger partial charge < -0.3 is 10.2 Å². The number of rotatable bonds is 5. The molecule has 0 spiro atoms. The van der Waals surface area contributed by atoms with Gasteiger partial charge in [0.25, 0.3) is 5.91 Å². The number of likely N-dealkylation sites (tertiary alicyclic amines) is 1. The summed E-state index contributed by atoms with van der Waals surface area (Å²) in [7, 11) is 0. The molecule has 2 aliphatic rings. The van der Waals surface area contributed by atoms with Crippen molar-refractivity contribution < 1.29 is 4.79 Å². The van der Waals surface area contributed by atoms with Crippen LogP contribution in [-0.4, -0.2) is 46.7 Å². The van der Waals surface area contributed by atoms with Gasteiger partial charge in [0.2, 0.25) is 0 Å². The van der Waals surface area contributed by atoms with Crippen LogP contribution in [0.2, 0.25) is 0 Å². The Morgan fingerprint density at radius 2 is 1.87 bits per heavy atom. The number of halogens is 2. The largest absolute Gasteiger partial charge is 0.349 e. The normalized spacial score (nSPS) is 16.2. The predicted molar refractivity (Wildman–Crippen MR) is 132 cm³/mol. The second-order valence-electron chi connectivity index (χ2n) is 7.72. The van der Waals surface area contributed by atoms with Crippen LogP contribution in [0.4, 0.5) is 0 Å². The van der Waals surface area contributed by atoms with Crippen LogP contribution in [0.25, 0.3) is 17.0 Å². The lowest BCUT2D eigenvalue weighted by atomic mass is 10.0. The zero-order valence-corrected chi connectivity index (χ0v) is 19.5. The molecule has 8 heteroatoms. The van der Waals surface area contributed by atoms with Gasteiger partial charge in [-0.2, -0.15) is 5.10 Å². The predicted octanol–water partition coefficient (Wildman–Crippen LogP) is 4.68. The first-order valence-electron chi connectivity index (χ1n) is 10.2. The third-order valence-corrected chi connectivity index (χ3v) is 6.86. The Balaban J connectivity index is 0.00000136. The van der Waals surface area contributed by atoms with Crippen LogP contribution < -0.4 is 5.32 Å². The second-order valence-corrected chi connectivity index (χ2v) is 8.81. The van der Waals surface area contributed by atoms with Crippen LogP contribution in [0.15, 0.2) is 58.3 Å². The van der Waals surface area contributed by atoms with Crippen LogP contribution in [0.3, 0.4) is 0 Å². The standard InChI is InChI=1S/C23H24N4OS.2ClH/c28-23(21-15-19-22-18(25-26-19)7-4-8-20(22)29-21)24-17-10-13-27(14-11-17)12-9-16-5-2-1-3-6-16;;/h1-8,15,17H,9-14H2,(H,24,28)(H,25,26);2*1H. The Kier molecular flexibility index (Phi) is 8.06. The lowest BCUT2D eigenvalue weighted by molar-refractivity contribution is -0.117. The second kappa shape index (κ2) is 10.6. The molecule has 164 valence electrons. The van der Waals surface area contributed by atoms with Crippen LogP contribution in [0.5, 0.6) is 0 Å². The maximum absolute atomic E-state index is 12.9. The first-order valence-corrected chi connectivity index (χ1v) is 11.0. The molecule has 2 aromatic carbocycles. The molecule has 2 aliphatic heterocycles. The fourth-order valence-corrected chi connectivity index (χ4v) is 5.15. The van der Waals surface area contributed by atoms with Crippen LogP contribution >= 0.6 is 36.6 Å². The molecule has 1 fully saturated rings. The van der Waals surface area contributed by atoms with E-state index in [1.165, 1.54) is 17.3 Å². The van der Waals surface area contributed by atoms with Gasteiger partial charge in [-0.25, -0.2) is 0 Å². The summed E-state index contributed by atoms with van der Waals surface area (Å²) in [5.41, 5.74) is 3.26. The summed E-state index contributed by atoms with van der Waals surface area (Å²) in [5.74, 6) is 0.0170. The number of benzene rings is 2. The van der Waals surface area contributed by atoms with Gasteiger partial charge in [-0.1, -0.05) is 48.2 Å². The average Bonchev–Trinajstić information content (AvgIpc) is 3.18. The van der Waals surface area contributed by atoms with Crippen LogP contribution in [0.1, 0.15) is 24.1 Å². The number of hydrogen-bond donors (Lipinski definition) is 2. The number of hydrogen-bond acceptors (Lipinski definition) is 4. The number of carbonyl (C=O) groups is 1. The quantitative estimate of drug-likeness (QED) is 0.561. The number of aromatic amines is 1. The zero-order valence-electron chi connectivity index (χ0n) is 17.0. The molecule has 5 nitrogen and oxygen atoms in total. The van der Waals surface area contributed by atoms with Gasteiger partial charge in [0.05, 0.1) is 16.1 Å². The Bertz CT molecular complexity index is 1060. The summed E-state index contributed by atoms with van der Waals surface area (Å²) in [5, 5.41) is 11.8. The number of piperidine rings is 1. The van der Waals surface area contributed by atoms with E-state index >= 15 is 0 Å². The zero-order chi connectivity index (χ0) is 19.6. The van der Waals surface area contributed by atoms with E-state index in [0.717, 1.165) is 65.3 Å². The molecule has 3 aromatic rings. The van der Waals surface area contributed by atoms with E-state index < -0.39 is 0 Å². The summed E-state index contributed by atoms with van der Waals surface area (Å²) in [6, 6.07) is 16.9. The fourth-order valence-electron chi connectivity index (χ4n) is 4.13. The van der Waals surface area contributed by atoms with Crippen LogP contribution in [-0.2, 0) is 11.2 Å². The smallest absolute Gasteiger partial charge is 0.258 e. The molecular formula is C23H26Cl2N4OS. The van der Waals surface area contributed by atoms with E-state index in [2.05, 4.69) is 56.8 Å². The van der Waals surface area contributed by atoms with Crippen molar-refractivity contribution in [3.63, 3.8) is 0 Å². The molecule has 1 saturated heterocycles. The van der Waals surface area contributed by atoms with E-state index in [1.54, 1.807) is 0 Å². The minimum atomic E-state index is 0. The highest BCUT2D eigenvalue weighted by molar-refractivity contribution is 8.04. The highest BCUT2D eigenvalue weighted by atomic mass is 35.5. The molecule has 0 unspecified atom stereocenters. The van der Waals surface area contributed by atoms with Gasteiger partial charge in [0.15, 0.2) is 0 Å². The van der Waals surface area contributed by atoms with Gasteiger partial charge >= 0.3 is 0 Å². The van der Waals surface area contributed by atoms with Gasteiger partial charge in [0.1, 0.15) is 0 Å². The van der Waals surface area contributed by atoms with Crippen molar-refractivity contribution in [2.45, 2.75) is 30.2 Å². The van der Waals surface area contributed by atoms with E-state index in [-0.39, 0.29) is 36.8 Å². The summed E-state index contributed by atoms with van der Waals surface area (Å²) in [6.07, 6.45) is 4.99. The number of thioether (sulfide) groups is 1. The topological polar surface area (TPSA) is 61.0 Å². The molecule has 1 aromatic heterocycles. The molecule has 2 N–H and O–H groups in total. The molecule has 0 bridgehead atoms. The number of aromatic nitrogens is 2. The van der Waals surface area contributed by atoms with E-state index in [4.69, 9.17) is 0 Å². The van der Waals surface area contributed by atoms with Gasteiger partial charge in [-0.05, 0) is 43.0 Å². The molecule has 3 heterocycles. The lowest BCUT2D eigenvalue weighted by Crippen LogP contribution is -2.45. The molecule has 0 aliphatic carbocycles. The molecule has 0 atom stereocenters. The number of amides is 1. The van der Waals surface area contributed by atoms with Crippen molar-refractivity contribution in [1.29, 1.82) is 0 Å². The van der Waals surface area contributed by atoms with E-state index in [1.807, 2.05) is 18.2 Å². The third kappa shape index (κ3) is 5.26. The maximum Gasteiger partial charge on any atom is 0.258 e. The van der Waals surface area contributed by atoms with Crippen molar-refractivity contribution in [1.82, 2.24) is 20.4 Å². The maximum atomic E-state index is 12.9.